The Bertz CT molecular complexity index is 240. The van der Waals surface area contributed by atoms with Crippen LogP contribution in [0.2, 0.25) is 0 Å². The molecule has 2 aliphatic heterocycles. The standard InChI is InChI=1S/C13H23NO2/c1-9(2)3-4-13(15)10-5-11-7-16-8-12(6-10)14-11/h9-12,14H,3-8H2,1-2H3. The van der Waals surface area contributed by atoms with Gasteiger partial charge >= 0.3 is 0 Å². The van der Waals surface area contributed by atoms with Gasteiger partial charge in [-0.25, -0.2) is 0 Å². The Kier molecular flexibility index (Phi) is 3.98. The zero-order valence-electron chi connectivity index (χ0n) is 10.4. The zero-order chi connectivity index (χ0) is 11.5. The lowest BCUT2D eigenvalue weighted by atomic mass is 9.82. The van der Waals surface area contributed by atoms with Crippen molar-refractivity contribution in [2.45, 2.75) is 51.6 Å². The van der Waals surface area contributed by atoms with Gasteiger partial charge in [0.25, 0.3) is 0 Å². The van der Waals surface area contributed by atoms with Gasteiger partial charge in [-0.2, -0.15) is 0 Å². The highest BCUT2D eigenvalue weighted by Crippen LogP contribution is 2.26. The molecule has 2 aliphatic rings. The number of hydrogen-bond donors (Lipinski definition) is 1. The van der Waals surface area contributed by atoms with Crippen LogP contribution >= 0.6 is 0 Å². The largest absolute Gasteiger partial charge is 0.378 e. The minimum Gasteiger partial charge on any atom is -0.378 e. The quantitative estimate of drug-likeness (QED) is 0.792. The van der Waals surface area contributed by atoms with Gasteiger partial charge in [-0.3, -0.25) is 4.79 Å². The number of carbonyl (C=O) groups excluding carboxylic acids is 1. The van der Waals surface area contributed by atoms with Gasteiger partial charge in [-0.1, -0.05) is 13.8 Å². The lowest BCUT2D eigenvalue weighted by molar-refractivity contribution is -0.126. The summed E-state index contributed by atoms with van der Waals surface area (Å²) in [6.07, 6.45) is 3.76. The van der Waals surface area contributed by atoms with Crippen LogP contribution < -0.4 is 5.32 Å². The average molecular weight is 225 g/mol. The fourth-order valence-corrected chi connectivity index (χ4v) is 2.74. The molecule has 0 spiro atoms. The number of morpholine rings is 1. The Hall–Kier alpha value is -0.410. The normalized spacial score (nSPS) is 34.1. The van der Waals surface area contributed by atoms with E-state index in [0.717, 1.165) is 38.9 Å². The van der Waals surface area contributed by atoms with Crippen molar-refractivity contribution in [3.8, 4) is 0 Å². The first-order valence-electron chi connectivity index (χ1n) is 6.51. The van der Waals surface area contributed by atoms with Gasteiger partial charge in [-0.05, 0) is 25.2 Å². The first-order valence-corrected chi connectivity index (χ1v) is 6.51. The highest BCUT2D eigenvalue weighted by Gasteiger charge is 2.34. The molecule has 0 aromatic carbocycles. The predicted octanol–water partition coefficient (Wildman–Crippen LogP) is 1.76. The van der Waals surface area contributed by atoms with Gasteiger partial charge in [0.2, 0.25) is 0 Å². The second-order valence-corrected chi connectivity index (χ2v) is 5.67. The summed E-state index contributed by atoms with van der Waals surface area (Å²) in [5.74, 6) is 1.40. The molecule has 2 unspecified atom stereocenters. The van der Waals surface area contributed by atoms with Crippen LogP contribution in [0.4, 0.5) is 0 Å². The highest BCUT2D eigenvalue weighted by molar-refractivity contribution is 5.81. The Labute approximate surface area is 97.9 Å². The van der Waals surface area contributed by atoms with E-state index in [4.69, 9.17) is 4.74 Å². The maximum absolute atomic E-state index is 12.1. The van der Waals surface area contributed by atoms with E-state index < -0.39 is 0 Å². The van der Waals surface area contributed by atoms with Crippen molar-refractivity contribution in [2.75, 3.05) is 13.2 Å². The number of nitrogens with one attached hydrogen (secondary N) is 1. The number of piperidine rings is 1. The SMILES string of the molecule is CC(C)CCC(=O)C1CC2COCC(C1)N2. The van der Waals surface area contributed by atoms with Crippen molar-refractivity contribution in [2.24, 2.45) is 11.8 Å². The average Bonchev–Trinajstić information content (AvgIpc) is 2.25. The van der Waals surface area contributed by atoms with Crippen molar-refractivity contribution in [3.63, 3.8) is 0 Å². The van der Waals surface area contributed by atoms with Crippen molar-refractivity contribution >= 4 is 5.78 Å². The van der Waals surface area contributed by atoms with E-state index in [-0.39, 0.29) is 0 Å². The van der Waals surface area contributed by atoms with Crippen LogP contribution in [0.1, 0.15) is 39.5 Å². The number of carbonyl (C=O) groups is 1. The molecule has 2 saturated heterocycles. The molecule has 2 atom stereocenters. The first kappa shape index (κ1) is 12.1. The van der Waals surface area contributed by atoms with Gasteiger partial charge in [0.15, 0.2) is 0 Å². The molecule has 3 nitrogen and oxygen atoms in total. The fraction of sp³-hybridized carbons (Fsp3) is 0.923. The van der Waals surface area contributed by atoms with Gasteiger partial charge in [0.1, 0.15) is 5.78 Å². The maximum atomic E-state index is 12.1. The molecule has 2 rings (SSSR count). The molecule has 2 bridgehead atoms. The summed E-state index contributed by atoms with van der Waals surface area (Å²) in [7, 11) is 0. The van der Waals surface area contributed by atoms with Crippen LogP contribution in [-0.4, -0.2) is 31.1 Å². The summed E-state index contributed by atoms with van der Waals surface area (Å²) in [6.45, 7) is 5.92. The summed E-state index contributed by atoms with van der Waals surface area (Å²) >= 11 is 0. The summed E-state index contributed by atoms with van der Waals surface area (Å²) in [4.78, 5) is 12.1. The number of rotatable bonds is 4. The van der Waals surface area contributed by atoms with Crippen LogP contribution in [-0.2, 0) is 9.53 Å². The van der Waals surface area contributed by atoms with Crippen LogP contribution in [0.15, 0.2) is 0 Å². The minimum atomic E-state index is 0.291. The van der Waals surface area contributed by atoms with Gasteiger partial charge in [0.05, 0.1) is 13.2 Å². The second kappa shape index (κ2) is 5.28. The van der Waals surface area contributed by atoms with E-state index in [1.54, 1.807) is 0 Å². The molecule has 2 heterocycles. The van der Waals surface area contributed by atoms with E-state index >= 15 is 0 Å². The molecule has 0 saturated carbocycles. The molecular formula is C13H23NO2. The third kappa shape index (κ3) is 3.05. The molecule has 2 fully saturated rings. The summed E-state index contributed by atoms with van der Waals surface area (Å²) < 4.78 is 5.49. The predicted molar refractivity (Wildman–Crippen MR) is 63.3 cm³/mol. The van der Waals surface area contributed by atoms with Crippen molar-refractivity contribution in [1.82, 2.24) is 5.32 Å². The van der Waals surface area contributed by atoms with Crippen molar-refractivity contribution in [1.29, 1.82) is 0 Å². The summed E-state index contributed by atoms with van der Waals surface area (Å²) in [5, 5.41) is 3.53. The minimum absolute atomic E-state index is 0.291. The monoisotopic (exact) mass is 225 g/mol. The summed E-state index contributed by atoms with van der Waals surface area (Å²) in [5.41, 5.74) is 0. The lowest BCUT2D eigenvalue weighted by Crippen LogP contribution is -2.55. The van der Waals surface area contributed by atoms with E-state index in [9.17, 15) is 4.79 Å². The van der Waals surface area contributed by atoms with Crippen molar-refractivity contribution < 1.29 is 9.53 Å². The summed E-state index contributed by atoms with van der Waals surface area (Å²) in [6, 6.07) is 0.834. The first-order chi connectivity index (χ1) is 7.65. The molecule has 0 aromatic heterocycles. The van der Waals surface area contributed by atoms with Crippen LogP contribution in [0.3, 0.4) is 0 Å². The smallest absolute Gasteiger partial charge is 0.136 e. The molecular weight excluding hydrogens is 202 g/mol. The molecule has 16 heavy (non-hydrogen) atoms. The van der Waals surface area contributed by atoms with Crippen LogP contribution in [0.5, 0.6) is 0 Å². The Balaban J connectivity index is 1.83. The maximum Gasteiger partial charge on any atom is 0.136 e. The number of ether oxygens (including phenoxy) is 1. The Morgan fingerprint density at radius 3 is 2.50 bits per heavy atom. The van der Waals surface area contributed by atoms with E-state index in [1.165, 1.54) is 0 Å². The van der Waals surface area contributed by atoms with E-state index in [1.807, 2.05) is 0 Å². The molecule has 0 amide bonds. The third-order valence-electron chi connectivity index (χ3n) is 3.67. The van der Waals surface area contributed by atoms with E-state index in [0.29, 0.717) is 29.7 Å². The van der Waals surface area contributed by atoms with Gasteiger partial charge in [-0.15, -0.1) is 0 Å². The fourth-order valence-electron chi connectivity index (χ4n) is 2.74. The number of fused-ring (bicyclic) bond motifs is 2. The second-order valence-electron chi connectivity index (χ2n) is 5.67. The molecule has 92 valence electrons. The zero-order valence-corrected chi connectivity index (χ0v) is 10.4. The van der Waals surface area contributed by atoms with Gasteiger partial charge < -0.3 is 10.1 Å². The number of hydrogen-bond acceptors (Lipinski definition) is 3. The Morgan fingerprint density at radius 1 is 1.31 bits per heavy atom. The van der Waals surface area contributed by atoms with Crippen molar-refractivity contribution in [3.05, 3.63) is 0 Å². The molecule has 1 N–H and O–H groups in total. The Morgan fingerprint density at radius 2 is 1.94 bits per heavy atom. The lowest BCUT2D eigenvalue weighted by Gasteiger charge is -2.39. The molecule has 0 aromatic rings. The third-order valence-corrected chi connectivity index (χ3v) is 3.67. The molecule has 0 aliphatic carbocycles. The topological polar surface area (TPSA) is 38.3 Å². The number of Topliss-reactive ketones (excluding diaryl/α,β-unsaturated/α-hetero) is 1. The van der Waals surface area contributed by atoms with E-state index in [2.05, 4.69) is 19.2 Å². The van der Waals surface area contributed by atoms with Gasteiger partial charge in [0, 0.05) is 24.4 Å². The number of ketones is 1. The molecule has 0 radical (unpaired) electrons. The highest BCUT2D eigenvalue weighted by atomic mass is 16.5. The van der Waals surface area contributed by atoms with Crippen LogP contribution in [0.25, 0.3) is 0 Å². The van der Waals surface area contributed by atoms with Crippen LogP contribution in [0, 0.1) is 11.8 Å². The molecule has 3 heteroatoms.